The third-order valence-corrected chi connectivity index (χ3v) is 3.48. The lowest BCUT2D eigenvalue weighted by Crippen LogP contribution is -2.07. The number of rotatable bonds is 3. The predicted octanol–water partition coefficient (Wildman–Crippen LogP) is 2.66. The van der Waals surface area contributed by atoms with Gasteiger partial charge in [0.15, 0.2) is 0 Å². The van der Waals surface area contributed by atoms with Gasteiger partial charge in [0.25, 0.3) is 0 Å². The minimum atomic E-state index is -0.775. The highest BCUT2D eigenvalue weighted by Crippen LogP contribution is 2.26. The molecule has 0 aliphatic rings. The van der Waals surface area contributed by atoms with E-state index >= 15 is 0 Å². The number of hydrogen-bond donors (Lipinski definition) is 1. The average molecular weight is 268 g/mol. The Hall–Kier alpha value is -2.33. The van der Waals surface area contributed by atoms with Crippen molar-refractivity contribution in [1.29, 1.82) is 0 Å². The van der Waals surface area contributed by atoms with Crippen molar-refractivity contribution in [3.8, 4) is 5.75 Å². The van der Waals surface area contributed by atoms with Crippen LogP contribution in [0.2, 0.25) is 0 Å². The summed E-state index contributed by atoms with van der Waals surface area (Å²) in [5, 5.41) is 10.6. The van der Waals surface area contributed by atoms with Crippen LogP contribution in [0.15, 0.2) is 48.5 Å². The number of imidazole rings is 1. The van der Waals surface area contributed by atoms with Gasteiger partial charge in [0, 0.05) is 7.05 Å². The Morgan fingerprint density at radius 1 is 1.15 bits per heavy atom. The zero-order chi connectivity index (χ0) is 14.1. The molecule has 1 aromatic heterocycles. The molecule has 1 N–H and O–H groups in total. The SMILES string of the molecule is COc1cccc([C@@H](O)c2nc3ccccc3n2C)c1. The van der Waals surface area contributed by atoms with Crippen molar-refractivity contribution in [2.24, 2.45) is 7.05 Å². The summed E-state index contributed by atoms with van der Waals surface area (Å²) in [5.41, 5.74) is 2.65. The second-order valence-electron chi connectivity index (χ2n) is 4.70. The van der Waals surface area contributed by atoms with E-state index in [0.29, 0.717) is 5.82 Å². The van der Waals surface area contributed by atoms with E-state index in [1.165, 1.54) is 0 Å². The van der Waals surface area contributed by atoms with Gasteiger partial charge in [-0.15, -0.1) is 0 Å². The summed E-state index contributed by atoms with van der Waals surface area (Å²) in [6, 6.07) is 15.2. The molecule has 4 nitrogen and oxygen atoms in total. The standard InChI is InChI=1S/C16H16N2O2/c1-18-14-9-4-3-8-13(14)17-16(18)15(19)11-6-5-7-12(10-11)20-2/h3-10,15,19H,1-2H3/t15-/m1/s1. The van der Waals surface area contributed by atoms with Crippen LogP contribution >= 0.6 is 0 Å². The van der Waals surface area contributed by atoms with Crippen LogP contribution in [0, 0.1) is 0 Å². The molecule has 0 fully saturated rings. The number of aromatic nitrogens is 2. The third kappa shape index (κ3) is 2.04. The van der Waals surface area contributed by atoms with Gasteiger partial charge in [-0.05, 0) is 29.8 Å². The normalized spacial score (nSPS) is 12.6. The number of ether oxygens (including phenoxy) is 1. The molecular formula is C16H16N2O2. The molecule has 20 heavy (non-hydrogen) atoms. The second-order valence-corrected chi connectivity index (χ2v) is 4.70. The number of methoxy groups -OCH3 is 1. The Morgan fingerprint density at radius 2 is 1.95 bits per heavy atom. The van der Waals surface area contributed by atoms with Crippen LogP contribution in [-0.2, 0) is 7.05 Å². The van der Waals surface area contributed by atoms with Crippen molar-refractivity contribution in [1.82, 2.24) is 9.55 Å². The topological polar surface area (TPSA) is 47.3 Å². The summed E-state index contributed by atoms with van der Waals surface area (Å²) >= 11 is 0. The summed E-state index contributed by atoms with van der Waals surface area (Å²) in [6.07, 6.45) is -0.775. The third-order valence-electron chi connectivity index (χ3n) is 3.48. The minimum Gasteiger partial charge on any atom is -0.497 e. The molecule has 4 heteroatoms. The first-order valence-corrected chi connectivity index (χ1v) is 6.44. The fraction of sp³-hybridized carbons (Fsp3) is 0.188. The summed E-state index contributed by atoms with van der Waals surface area (Å²) in [6.45, 7) is 0. The lowest BCUT2D eigenvalue weighted by Gasteiger charge is -2.12. The van der Waals surface area contributed by atoms with Crippen molar-refractivity contribution in [3.05, 3.63) is 59.9 Å². The second kappa shape index (κ2) is 4.98. The summed E-state index contributed by atoms with van der Waals surface area (Å²) in [4.78, 5) is 4.52. The molecule has 2 aromatic carbocycles. The van der Waals surface area contributed by atoms with Crippen LogP contribution in [0.1, 0.15) is 17.5 Å². The van der Waals surface area contributed by atoms with Crippen molar-refractivity contribution < 1.29 is 9.84 Å². The van der Waals surface area contributed by atoms with E-state index in [1.54, 1.807) is 7.11 Å². The lowest BCUT2D eigenvalue weighted by molar-refractivity contribution is 0.206. The van der Waals surface area contributed by atoms with E-state index in [-0.39, 0.29) is 0 Å². The van der Waals surface area contributed by atoms with E-state index in [4.69, 9.17) is 4.74 Å². The van der Waals surface area contributed by atoms with Crippen LogP contribution in [-0.4, -0.2) is 21.8 Å². The maximum Gasteiger partial charge on any atom is 0.143 e. The zero-order valence-corrected chi connectivity index (χ0v) is 11.4. The monoisotopic (exact) mass is 268 g/mol. The largest absolute Gasteiger partial charge is 0.497 e. The smallest absolute Gasteiger partial charge is 0.143 e. The van der Waals surface area contributed by atoms with Crippen molar-refractivity contribution in [2.75, 3.05) is 7.11 Å². The Morgan fingerprint density at radius 3 is 2.70 bits per heavy atom. The number of para-hydroxylation sites is 2. The Kier molecular flexibility index (Phi) is 3.16. The molecule has 0 aliphatic carbocycles. The molecule has 0 spiro atoms. The Balaban J connectivity index is 2.07. The van der Waals surface area contributed by atoms with Gasteiger partial charge in [-0.2, -0.15) is 0 Å². The van der Waals surface area contributed by atoms with Gasteiger partial charge in [0.2, 0.25) is 0 Å². The fourth-order valence-electron chi connectivity index (χ4n) is 2.37. The summed E-state index contributed by atoms with van der Waals surface area (Å²) in [7, 11) is 3.52. The van der Waals surface area contributed by atoms with E-state index in [9.17, 15) is 5.11 Å². The molecule has 1 atom stereocenters. The molecule has 0 saturated carbocycles. The highest BCUT2D eigenvalue weighted by atomic mass is 16.5. The number of aryl methyl sites for hydroxylation is 1. The molecular weight excluding hydrogens is 252 g/mol. The molecule has 0 unspecified atom stereocenters. The van der Waals surface area contributed by atoms with Gasteiger partial charge >= 0.3 is 0 Å². The van der Waals surface area contributed by atoms with Gasteiger partial charge in [0.1, 0.15) is 17.7 Å². The van der Waals surface area contributed by atoms with Gasteiger partial charge in [0.05, 0.1) is 18.1 Å². The first-order chi connectivity index (χ1) is 9.70. The van der Waals surface area contributed by atoms with Crippen LogP contribution in [0.4, 0.5) is 0 Å². The van der Waals surface area contributed by atoms with Crippen LogP contribution in [0.25, 0.3) is 11.0 Å². The first-order valence-electron chi connectivity index (χ1n) is 6.44. The Bertz CT molecular complexity index is 749. The molecule has 1 heterocycles. The van der Waals surface area contributed by atoms with E-state index in [0.717, 1.165) is 22.3 Å². The van der Waals surface area contributed by atoms with Gasteiger partial charge in [-0.3, -0.25) is 0 Å². The maximum absolute atomic E-state index is 10.6. The van der Waals surface area contributed by atoms with E-state index < -0.39 is 6.10 Å². The van der Waals surface area contributed by atoms with Crippen LogP contribution < -0.4 is 4.74 Å². The zero-order valence-electron chi connectivity index (χ0n) is 11.4. The molecule has 0 radical (unpaired) electrons. The molecule has 0 amide bonds. The molecule has 102 valence electrons. The Labute approximate surface area is 117 Å². The maximum atomic E-state index is 10.6. The summed E-state index contributed by atoms with van der Waals surface area (Å²) in [5.74, 6) is 1.35. The van der Waals surface area contributed by atoms with Crippen LogP contribution in [0.3, 0.4) is 0 Å². The molecule has 0 bridgehead atoms. The summed E-state index contributed by atoms with van der Waals surface area (Å²) < 4.78 is 7.11. The molecule has 0 aliphatic heterocycles. The van der Waals surface area contributed by atoms with E-state index in [2.05, 4.69) is 4.98 Å². The highest BCUT2D eigenvalue weighted by Gasteiger charge is 2.18. The highest BCUT2D eigenvalue weighted by molar-refractivity contribution is 5.76. The number of benzene rings is 2. The van der Waals surface area contributed by atoms with Gasteiger partial charge in [-0.1, -0.05) is 24.3 Å². The molecule has 3 aromatic rings. The number of fused-ring (bicyclic) bond motifs is 1. The quantitative estimate of drug-likeness (QED) is 0.794. The lowest BCUT2D eigenvalue weighted by atomic mass is 10.1. The van der Waals surface area contributed by atoms with Gasteiger partial charge in [-0.25, -0.2) is 4.98 Å². The fourth-order valence-corrected chi connectivity index (χ4v) is 2.37. The predicted molar refractivity (Wildman–Crippen MR) is 77.8 cm³/mol. The van der Waals surface area contributed by atoms with Gasteiger partial charge < -0.3 is 14.4 Å². The molecule has 3 rings (SSSR count). The average Bonchev–Trinajstić information content (AvgIpc) is 2.84. The first kappa shape index (κ1) is 12.7. The minimum absolute atomic E-state index is 0.624. The number of nitrogens with zero attached hydrogens (tertiary/aromatic N) is 2. The van der Waals surface area contributed by atoms with Crippen molar-refractivity contribution >= 4 is 11.0 Å². The number of hydrogen-bond acceptors (Lipinski definition) is 3. The van der Waals surface area contributed by atoms with Crippen molar-refractivity contribution in [3.63, 3.8) is 0 Å². The number of aliphatic hydroxyl groups is 1. The number of aliphatic hydroxyl groups excluding tert-OH is 1. The van der Waals surface area contributed by atoms with Crippen LogP contribution in [0.5, 0.6) is 5.75 Å². The van der Waals surface area contributed by atoms with Crippen molar-refractivity contribution in [2.45, 2.75) is 6.10 Å². The van der Waals surface area contributed by atoms with E-state index in [1.807, 2.05) is 60.1 Å². The molecule has 0 saturated heterocycles.